The minimum Gasteiger partial charge on any atom is -0.334 e. The average molecular weight is 243 g/mol. The van der Waals surface area contributed by atoms with Gasteiger partial charge in [0.25, 0.3) is 5.89 Å². The first-order valence-electron chi connectivity index (χ1n) is 6.41. The van der Waals surface area contributed by atoms with Crippen molar-refractivity contribution < 1.29 is 4.52 Å². The van der Waals surface area contributed by atoms with E-state index < -0.39 is 0 Å². The number of nitrogens with zero attached hydrogens (tertiary/aromatic N) is 2. The maximum atomic E-state index is 5.62. The van der Waals surface area contributed by atoms with Crippen LogP contribution in [0.25, 0.3) is 11.5 Å². The smallest absolute Gasteiger partial charge is 0.258 e. The molecule has 0 saturated heterocycles. The number of aromatic nitrogens is 2. The van der Waals surface area contributed by atoms with E-state index in [1.807, 2.05) is 18.2 Å². The molecule has 1 aliphatic rings. The molecule has 1 aromatic carbocycles. The van der Waals surface area contributed by atoms with Gasteiger partial charge in [0, 0.05) is 11.5 Å². The molecule has 0 aliphatic heterocycles. The summed E-state index contributed by atoms with van der Waals surface area (Å²) in [5.41, 5.74) is 7.80. The van der Waals surface area contributed by atoms with Gasteiger partial charge in [-0.2, -0.15) is 4.98 Å². The van der Waals surface area contributed by atoms with Crippen LogP contribution in [-0.2, 0) is 6.42 Å². The van der Waals surface area contributed by atoms with Crippen molar-refractivity contribution in [3.05, 3.63) is 35.7 Å². The third-order valence-electron chi connectivity index (χ3n) is 3.54. The third-order valence-corrected chi connectivity index (χ3v) is 3.54. The lowest BCUT2D eigenvalue weighted by atomic mass is 10.0. The second-order valence-electron chi connectivity index (χ2n) is 4.97. The molecule has 0 bridgehead atoms. The fourth-order valence-corrected chi connectivity index (χ4v) is 2.28. The molecule has 2 aromatic rings. The Morgan fingerprint density at radius 1 is 1.39 bits per heavy atom. The molecule has 1 aliphatic carbocycles. The molecular formula is C14H17N3O. The molecule has 94 valence electrons. The van der Waals surface area contributed by atoms with E-state index in [4.69, 9.17) is 10.3 Å². The van der Waals surface area contributed by atoms with Gasteiger partial charge in [-0.15, -0.1) is 0 Å². The first-order chi connectivity index (χ1) is 8.79. The van der Waals surface area contributed by atoms with Crippen LogP contribution in [0.15, 0.2) is 28.8 Å². The van der Waals surface area contributed by atoms with E-state index >= 15 is 0 Å². The summed E-state index contributed by atoms with van der Waals surface area (Å²) in [5.74, 6) is 2.65. The van der Waals surface area contributed by atoms with Gasteiger partial charge in [0.15, 0.2) is 5.82 Å². The molecule has 0 radical (unpaired) electrons. The molecule has 2 unspecified atom stereocenters. The minimum atomic E-state index is 0.490. The van der Waals surface area contributed by atoms with Crippen LogP contribution in [0.2, 0.25) is 0 Å². The minimum absolute atomic E-state index is 0.490. The maximum absolute atomic E-state index is 5.62. The highest BCUT2D eigenvalue weighted by Gasteiger charge is 2.38. The SMILES string of the molecule is CC1CC1c1noc(-c2ccccc2CCN)n1. The summed E-state index contributed by atoms with van der Waals surface area (Å²) in [7, 11) is 0. The largest absolute Gasteiger partial charge is 0.334 e. The molecular weight excluding hydrogens is 226 g/mol. The zero-order valence-corrected chi connectivity index (χ0v) is 10.5. The maximum Gasteiger partial charge on any atom is 0.258 e. The molecule has 3 rings (SSSR count). The Kier molecular flexibility index (Phi) is 2.88. The Balaban J connectivity index is 1.92. The van der Waals surface area contributed by atoms with E-state index in [1.54, 1.807) is 0 Å². The van der Waals surface area contributed by atoms with Crippen molar-refractivity contribution in [2.24, 2.45) is 11.7 Å². The standard InChI is InChI=1S/C14H17N3O/c1-9-8-12(9)13-16-14(18-17-13)11-5-3-2-4-10(11)6-7-15/h2-5,9,12H,6-8,15H2,1H3. The zero-order chi connectivity index (χ0) is 12.5. The van der Waals surface area contributed by atoms with Crippen LogP contribution in [-0.4, -0.2) is 16.7 Å². The zero-order valence-electron chi connectivity index (χ0n) is 10.5. The lowest BCUT2D eigenvalue weighted by Gasteiger charge is -2.03. The molecule has 1 heterocycles. The second kappa shape index (κ2) is 4.53. The molecule has 1 saturated carbocycles. The molecule has 18 heavy (non-hydrogen) atoms. The fraction of sp³-hybridized carbons (Fsp3) is 0.429. The Morgan fingerprint density at radius 2 is 2.17 bits per heavy atom. The molecule has 0 spiro atoms. The quantitative estimate of drug-likeness (QED) is 0.895. The highest BCUT2D eigenvalue weighted by molar-refractivity contribution is 5.58. The Labute approximate surface area is 106 Å². The van der Waals surface area contributed by atoms with Crippen LogP contribution in [0.1, 0.15) is 30.7 Å². The van der Waals surface area contributed by atoms with E-state index in [2.05, 4.69) is 23.1 Å². The van der Waals surface area contributed by atoms with Crippen LogP contribution in [0.5, 0.6) is 0 Å². The predicted molar refractivity (Wildman–Crippen MR) is 69.0 cm³/mol. The van der Waals surface area contributed by atoms with E-state index in [0.29, 0.717) is 24.3 Å². The number of hydrogen-bond acceptors (Lipinski definition) is 4. The van der Waals surface area contributed by atoms with Crippen molar-refractivity contribution in [2.45, 2.75) is 25.7 Å². The molecule has 2 N–H and O–H groups in total. The highest BCUT2D eigenvalue weighted by atomic mass is 16.5. The topological polar surface area (TPSA) is 64.9 Å². The van der Waals surface area contributed by atoms with Gasteiger partial charge in [0.2, 0.25) is 0 Å². The summed E-state index contributed by atoms with van der Waals surface area (Å²) < 4.78 is 5.39. The third kappa shape index (κ3) is 2.04. The van der Waals surface area contributed by atoms with E-state index in [0.717, 1.165) is 17.8 Å². The van der Waals surface area contributed by atoms with E-state index in [-0.39, 0.29) is 0 Å². The van der Waals surface area contributed by atoms with Crippen molar-refractivity contribution in [3.63, 3.8) is 0 Å². The van der Waals surface area contributed by atoms with E-state index in [1.165, 1.54) is 12.0 Å². The Hall–Kier alpha value is -1.68. The van der Waals surface area contributed by atoms with Crippen LogP contribution >= 0.6 is 0 Å². The van der Waals surface area contributed by atoms with Crippen molar-refractivity contribution in [1.82, 2.24) is 10.1 Å². The lowest BCUT2D eigenvalue weighted by Crippen LogP contribution is -2.03. The summed E-state index contributed by atoms with van der Waals surface area (Å²) in [6, 6.07) is 8.07. The van der Waals surface area contributed by atoms with Crippen LogP contribution in [0.4, 0.5) is 0 Å². The first kappa shape index (κ1) is 11.4. The number of rotatable bonds is 4. The highest BCUT2D eigenvalue weighted by Crippen LogP contribution is 2.45. The Bertz CT molecular complexity index is 549. The molecule has 1 aromatic heterocycles. The van der Waals surface area contributed by atoms with Gasteiger partial charge >= 0.3 is 0 Å². The molecule has 4 heteroatoms. The lowest BCUT2D eigenvalue weighted by molar-refractivity contribution is 0.421. The van der Waals surface area contributed by atoms with Crippen LogP contribution in [0.3, 0.4) is 0 Å². The summed E-state index contributed by atoms with van der Waals surface area (Å²) in [6.07, 6.45) is 2.00. The normalized spacial score (nSPS) is 22.1. The van der Waals surface area contributed by atoms with Gasteiger partial charge in [-0.1, -0.05) is 30.3 Å². The molecule has 0 amide bonds. The van der Waals surface area contributed by atoms with E-state index in [9.17, 15) is 0 Å². The number of benzene rings is 1. The van der Waals surface area contributed by atoms with Gasteiger partial charge in [-0.05, 0) is 36.9 Å². The van der Waals surface area contributed by atoms with Gasteiger partial charge in [0.05, 0.1) is 0 Å². The molecule has 4 nitrogen and oxygen atoms in total. The van der Waals surface area contributed by atoms with Crippen molar-refractivity contribution >= 4 is 0 Å². The number of nitrogens with two attached hydrogens (primary N) is 1. The molecule has 2 atom stereocenters. The monoisotopic (exact) mass is 243 g/mol. The van der Waals surface area contributed by atoms with Gasteiger partial charge in [0.1, 0.15) is 0 Å². The van der Waals surface area contributed by atoms with Crippen molar-refractivity contribution in [3.8, 4) is 11.5 Å². The number of hydrogen-bond donors (Lipinski definition) is 1. The van der Waals surface area contributed by atoms with Gasteiger partial charge in [-0.3, -0.25) is 0 Å². The summed E-state index contributed by atoms with van der Waals surface area (Å²) in [4.78, 5) is 4.52. The van der Waals surface area contributed by atoms with Crippen LogP contribution in [0, 0.1) is 5.92 Å². The van der Waals surface area contributed by atoms with Gasteiger partial charge in [-0.25, -0.2) is 0 Å². The fourth-order valence-electron chi connectivity index (χ4n) is 2.28. The summed E-state index contributed by atoms with van der Waals surface area (Å²) >= 11 is 0. The van der Waals surface area contributed by atoms with Crippen molar-refractivity contribution in [2.75, 3.05) is 6.54 Å². The summed E-state index contributed by atoms with van der Waals surface area (Å²) in [6.45, 7) is 2.83. The second-order valence-corrected chi connectivity index (χ2v) is 4.97. The van der Waals surface area contributed by atoms with Crippen molar-refractivity contribution in [1.29, 1.82) is 0 Å². The van der Waals surface area contributed by atoms with Gasteiger partial charge < -0.3 is 10.3 Å². The first-order valence-corrected chi connectivity index (χ1v) is 6.41. The predicted octanol–water partition coefficient (Wildman–Crippen LogP) is 2.36. The Morgan fingerprint density at radius 3 is 2.89 bits per heavy atom. The average Bonchev–Trinajstić information content (AvgIpc) is 2.92. The summed E-state index contributed by atoms with van der Waals surface area (Å²) in [5, 5.41) is 4.09. The van der Waals surface area contributed by atoms with Crippen LogP contribution < -0.4 is 5.73 Å². The molecule has 1 fully saturated rings.